The van der Waals surface area contributed by atoms with E-state index in [0.717, 1.165) is 17.0 Å². The molecule has 2 aromatic rings. The van der Waals surface area contributed by atoms with Crippen LogP contribution in [0.1, 0.15) is 22.8 Å². The predicted octanol–water partition coefficient (Wildman–Crippen LogP) is 2.63. The summed E-state index contributed by atoms with van der Waals surface area (Å²) in [5, 5.41) is 0. The molecule has 0 aromatic carbocycles. The summed E-state index contributed by atoms with van der Waals surface area (Å²) in [6.07, 6.45) is 3.30. The Morgan fingerprint density at radius 3 is 2.28 bits per heavy atom. The molecule has 0 atom stereocenters. The molecule has 4 heteroatoms. The fourth-order valence-electron chi connectivity index (χ4n) is 1.50. The number of nitrogens with zero attached hydrogens (tertiary/aromatic N) is 2. The molecular weight excluding hydrogens is 228 g/mol. The minimum absolute atomic E-state index is 0.353. The molecule has 0 amide bonds. The van der Waals surface area contributed by atoms with Gasteiger partial charge in [-0.3, -0.25) is 9.97 Å². The van der Waals surface area contributed by atoms with E-state index in [9.17, 15) is 4.79 Å². The summed E-state index contributed by atoms with van der Waals surface area (Å²) in [6.45, 7) is 4.12. The maximum Gasteiger partial charge on any atom is 0.339 e. The van der Waals surface area contributed by atoms with Crippen LogP contribution in [0.15, 0.2) is 36.7 Å². The molecule has 92 valence electrons. The molecule has 0 fully saturated rings. The Morgan fingerprint density at radius 2 is 1.78 bits per heavy atom. The maximum absolute atomic E-state index is 11.5. The van der Waals surface area contributed by atoms with Crippen molar-refractivity contribution in [3.8, 4) is 11.4 Å². The highest BCUT2D eigenvalue weighted by atomic mass is 16.5. The van der Waals surface area contributed by atoms with E-state index in [4.69, 9.17) is 4.74 Å². The number of ether oxygens (including phenoxy) is 1. The van der Waals surface area contributed by atoms with Gasteiger partial charge in [0.05, 0.1) is 23.6 Å². The Kier molecular flexibility index (Phi) is 3.67. The number of hydrogen-bond donors (Lipinski definition) is 0. The second kappa shape index (κ2) is 5.40. The van der Waals surface area contributed by atoms with Crippen LogP contribution in [-0.2, 0) is 4.74 Å². The van der Waals surface area contributed by atoms with Gasteiger partial charge in [0.2, 0.25) is 0 Å². The average molecular weight is 242 g/mol. The van der Waals surface area contributed by atoms with Crippen LogP contribution in [0.3, 0.4) is 0 Å². The lowest BCUT2D eigenvalue weighted by Crippen LogP contribution is -2.05. The second-order valence-electron chi connectivity index (χ2n) is 3.87. The highest BCUT2D eigenvalue weighted by Crippen LogP contribution is 2.14. The highest BCUT2D eigenvalue weighted by molar-refractivity contribution is 5.89. The zero-order valence-electron chi connectivity index (χ0n) is 10.4. The molecule has 18 heavy (non-hydrogen) atoms. The number of aryl methyl sites for hydroxylation is 1. The van der Waals surface area contributed by atoms with Crippen LogP contribution in [0.5, 0.6) is 0 Å². The number of rotatable bonds is 3. The van der Waals surface area contributed by atoms with E-state index >= 15 is 0 Å². The lowest BCUT2D eigenvalue weighted by Gasteiger charge is -2.03. The van der Waals surface area contributed by atoms with Crippen molar-refractivity contribution in [2.45, 2.75) is 13.8 Å². The van der Waals surface area contributed by atoms with Gasteiger partial charge in [0.1, 0.15) is 0 Å². The molecule has 0 saturated heterocycles. The van der Waals surface area contributed by atoms with Gasteiger partial charge in [0.25, 0.3) is 0 Å². The first-order valence-corrected chi connectivity index (χ1v) is 5.77. The third kappa shape index (κ3) is 2.71. The lowest BCUT2D eigenvalue weighted by atomic mass is 10.2. The van der Waals surface area contributed by atoms with Crippen LogP contribution in [0.25, 0.3) is 11.4 Å². The van der Waals surface area contributed by atoms with Gasteiger partial charge in [-0.1, -0.05) is 6.07 Å². The van der Waals surface area contributed by atoms with Crippen molar-refractivity contribution in [2.75, 3.05) is 6.61 Å². The van der Waals surface area contributed by atoms with Crippen molar-refractivity contribution in [3.05, 3.63) is 47.8 Å². The van der Waals surface area contributed by atoms with Crippen LogP contribution in [0, 0.1) is 6.92 Å². The number of esters is 1. The van der Waals surface area contributed by atoms with Gasteiger partial charge in [0, 0.05) is 12.4 Å². The van der Waals surface area contributed by atoms with Gasteiger partial charge in [-0.05, 0) is 37.6 Å². The zero-order valence-corrected chi connectivity index (χ0v) is 10.4. The van der Waals surface area contributed by atoms with Gasteiger partial charge in [-0.2, -0.15) is 0 Å². The number of aromatic nitrogens is 2. The molecule has 0 unspecified atom stereocenters. The van der Waals surface area contributed by atoms with Crippen LogP contribution < -0.4 is 0 Å². The van der Waals surface area contributed by atoms with Gasteiger partial charge in [-0.25, -0.2) is 4.79 Å². The second-order valence-corrected chi connectivity index (χ2v) is 3.87. The molecule has 0 saturated carbocycles. The number of hydrogen-bond acceptors (Lipinski definition) is 4. The average Bonchev–Trinajstić information content (AvgIpc) is 2.40. The lowest BCUT2D eigenvalue weighted by molar-refractivity contribution is 0.0526. The number of pyridine rings is 2. The van der Waals surface area contributed by atoms with Crippen molar-refractivity contribution in [1.82, 2.24) is 9.97 Å². The predicted molar refractivity (Wildman–Crippen MR) is 68.2 cm³/mol. The topological polar surface area (TPSA) is 52.1 Å². The highest BCUT2D eigenvalue weighted by Gasteiger charge is 2.07. The Balaban J connectivity index is 2.22. The molecule has 0 radical (unpaired) electrons. The molecule has 4 nitrogen and oxygen atoms in total. The Hall–Kier alpha value is -2.23. The van der Waals surface area contributed by atoms with Crippen molar-refractivity contribution in [1.29, 1.82) is 0 Å². The molecule has 2 aromatic heterocycles. The molecule has 0 N–H and O–H groups in total. The van der Waals surface area contributed by atoms with Gasteiger partial charge in [-0.15, -0.1) is 0 Å². The number of carbonyl (C=O) groups is 1. The smallest absolute Gasteiger partial charge is 0.339 e. The first kappa shape index (κ1) is 12.2. The van der Waals surface area contributed by atoms with E-state index in [0.29, 0.717) is 12.2 Å². The van der Waals surface area contributed by atoms with Crippen LogP contribution >= 0.6 is 0 Å². The molecule has 2 heterocycles. The summed E-state index contributed by atoms with van der Waals surface area (Å²) < 4.78 is 4.89. The molecule has 0 aliphatic heterocycles. The minimum atomic E-state index is -0.353. The van der Waals surface area contributed by atoms with Crippen molar-refractivity contribution in [2.24, 2.45) is 0 Å². The molecule has 0 aliphatic rings. The third-order valence-corrected chi connectivity index (χ3v) is 2.45. The summed E-state index contributed by atoms with van der Waals surface area (Å²) in [5.74, 6) is -0.353. The quantitative estimate of drug-likeness (QED) is 0.776. The standard InChI is InChI=1S/C14H14N2O2/c1-3-18-14(17)11-5-7-13(16-9-11)12-6-4-10(2)8-15-12/h4-9H,3H2,1-2H3. The summed E-state index contributed by atoms with van der Waals surface area (Å²) in [7, 11) is 0. The summed E-state index contributed by atoms with van der Waals surface area (Å²) in [5.41, 5.74) is 3.08. The number of carbonyl (C=O) groups excluding carboxylic acids is 1. The van der Waals surface area contributed by atoms with Gasteiger partial charge in [0.15, 0.2) is 0 Å². The Labute approximate surface area is 106 Å². The first-order valence-electron chi connectivity index (χ1n) is 5.77. The van der Waals surface area contributed by atoms with E-state index in [1.54, 1.807) is 25.3 Å². The summed E-state index contributed by atoms with van der Waals surface area (Å²) >= 11 is 0. The van der Waals surface area contributed by atoms with Crippen LogP contribution in [-0.4, -0.2) is 22.5 Å². The van der Waals surface area contributed by atoms with E-state index < -0.39 is 0 Å². The van der Waals surface area contributed by atoms with E-state index in [2.05, 4.69) is 9.97 Å². The van der Waals surface area contributed by atoms with E-state index in [-0.39, 0.29) is 5.97 Å². The molecule has 0 aliphatic carbocycles. The molecule has 0 bridgehead atoms. The van der Waals surface area contributed by atoms with Crippen LogP contribution in [0.4, 0.5) is 0 Å². The summed E-state index contributed by atoms with van der Waals surface area (Å²) in [6, 6.07) is 7.34. The fraction of sp³-hybridized carbons (Fsp3) is 0.214. The fourth-order valence-corrected chi connectivity index (χ4v) is 1.50. The van der Waals surface area contributed by atoms with E-state index in [1.807, 2.05) is 19.1 Å². The largest absolute Gasteiger partial charge is 0.462 e. The normalized spacial score (nSPS) is 10.1. The Morgan fingerprint density at radius 1 is 1.11 bits per heavy atom. The Bertz CT molecular complexity index is 533. The van der Waals surface area contributed by atoms with E-state index in [1.165, 1.54) is 6.20 Å². The van der Waals surface area contributed by atoms with Gasteiger partial charge >= 0.3 is 5.97 Å². The third-order valence-electron chi connectivity index (χ3n) is 2.45. The SMILES string of the molecule is CCOC(=O)c1ccc(-c2ccc(C)cn2)nc1. The minimum Gasteiger partial charge on any atom is -0.462 e. The molecular formula is C14H14N2O2. The monoisotopic (exact) mass is 242 g/mol. The van der Waals surface area contributed by atoms with Crippen molar-refractivity contribution < 1.29 is 9.53 Å². The molecule has 2 rings (SSSR count). The summed E-state index contributed by atoms with van der Waals surface area (Å²) in [4.78, 5) is 20.0. The van der Waals surface area contributed by atoms with Crippen molar-refractivity contribution >= 4 is 5.97 Å². The van der Waals surface area contributed by atoms with Gasteiger partial charge < -0.3 is 4.74 Å². The zero-order chi connectivity index (χ0) is 13.0. The van der Waals surface area contributed by atoms with Crippen LogP contribution in [0.2, 0.25) is 0 Å². The maximum atomic E-state index is 11.5. The first-order chi connectivity index (χ1) is 8.70. The van der Waals surface area contributed by atoms with Crippen molar-refractivity contribution in [3.63, 3.8) is 0 Å². The molecule has 0 spiro atoms.